The standard InChI is InChI=1S/C12H9N3O2S/c13-7-1-3-8(4-2-7)15-11-9(5-6-18-11)10(16)14-12(15)17/h1-6H,13H2,(H,14,16,17). The fraction of sp³-hybridized carbons (Fsp3) is 0. The molecule has 0 amide bonds. The summed E-state index contributed by atoms with van der Waals surface area (Å²) in [6.45, 7) is 0. The molecule has 0 aliphatic rings. The number of nitrogen functional groups attached to an aromatic ring is 1. The van der Waals surface area contributed by atoms with Gasteiger partial charge in [-0.1, -0.05) is 0 Å². The Morgan fingerprint density at radius 2 is 1.83 bits per heavy atom. The van der Waals surface area contributed by atoms with E-state index in [1.54, 1.807) is 35.7 Å². The van der Waals surface area contributed by atoms with Crippen molar-refractivity contribution >= 4 is 27.2 Å². The molecule has 0 aliphatic heterocycles. The Balaban J connectivity index is 2.42. The molecular weight excluding hydrogens is 250 g/mol. The fourth-order valence-corrected chi connectivity index (χ4v) is 2.73. The van der Waals surface area contributed by atoms with E-state index in [-0.39, 0.29) is 5.56 Å². The summed E-state index contributed by atoms with van der Waals surface area (Å²) >= 11 is 1.35. The van der Waals surface area contributed by atoms with Gasteiger partial charge in [0.05, 0.1) is 11.1 Å². The molecule has 0 atom stereocenters. The Kier molecular flexibility index (Phi) is 2.31. The normalized spacial score (nSPS) is 10.9. The predicted molar refractivity (Wildman–Crippen MR) is 72.5 cm³/mol. The van der Waals surface area contributed by atoms with E-state index in [1.165, 1.54) is 15.9 Å². The molecule has 3 N–H and O–H groups in total. The number of nitrogens with one attached hydrogen (secondary N) is 1. The molecule has 3 rings (SSSR count). The number of nitrogens with two attached hydrogens (primary N) is 1. The summed E-state index contributed by atoms with van der Waals surface area (Å²) in [5.41, 5.74) is 6.12. The molecule has 6 heteroatoms. The van der Waals surface area contributed by atoms with Gasteiger partial charge in [-0.05, 0) is 35.7 Å². The van der Waals surface area contributed by atoms with Crippen LogP contribution in [0.2, 0.25) is 0 Å². The third kappa shape index (κ3) is 1.54. The van der Waals surface area contributed by atoms with Crippen molar-refractivity contribution in [2.75, 3.05) is 5.73 Å². The largest absolute Gasteiger partial charge is 0.399 e. The maximum Gasteiger partial charge on any atom is 0.334 e. The lowest BCUT2D eigenvalue weighted by molar-refractivity contribution is 0.951. The number of hydrogen-bond acceptors (Lipinski definition) is 4. The number of thiophene rings is 1. The second-order valence-corrected chi connectivity index (χ2v) is 4.72. The summed E-state index contributed by atoms with van der Waals surface area (Å²) in [5.74, 6) is 0. The fourth-order valence-electron chi connectivity index (χ4n) is 1.82. The van der Waals surface area contributed by atoms with Crippen LogP contribution >= 0.6 is 11.3 Å². The van der Waals surface area contributed by atoms with Gasteiger partial charge in [-0.3, -0.25) is 14.3 Å². The molecule has 0 bridgehead atoms. The van der Waals surface area contributed by atoms with Crippen LogP contribution in [0.3, 0.4) is 0 Å². The highest BCUT2D eigenvalue weighted by atomic mass is 32.1. The maximum absolute atomic E-state index is 11.9. The first-order chi connectivity index (χ1) is 8.66. The van der Waals surface area contributed by atoms with Crippen molar-refractivity contribution in [3.8, 4) is 5.69 Å². The van der Waals surface area contributed by atoms with E-state index in [1.807, 2.05) is 0 Å². The summed E-state index contributed by atoms with van der Waals surface area (Å²) in [6.07, 6.45) is 0. The van der Waals surface area contributed by atoms with Gasteiger partial charge in [0.2, 0.25) is 0 Å². The molecule has 0 saturated carbocycles. The van der Waals surface area contributed by atoms with Gasteiger partial charge >= 0.3 is 5.69 Å². The minimum atomic E-state index is -0.445. The Labute approximate surface area is 105 Å². The minimum absolute atomic E-state index is 0.358. The van der Waals surface area contributed by atoms with Crippen LogP contribution < -0.4 is 17.0 Å². The number of benzene rings is 1. The highest BCUT2D eigenvalue weighted by Crippen LogP contribution is 2.19. The number of H-pyrrole nitrogens is 1. The van der Waals surface area contributed by atoms with E-state index < -0.39 is 5.69 Å². The monoisotopic (exact) mass is 259 g/mol. The van der Waals surface area contributed by atoms with Crippen LogP contribution in [0.4, 0.5) is 5.69 Å². The molecule has 18 heavy (non-hydrogen) atoms. The van der Waals surface area contributed by atoms with Crippen molar-refractivity contribution < 1.29 is 0 Å². The number of rotatable bonds is 1. The number of nitrogens with zero attached hydrogens (tertiary/aromatic N) is 1. The van der Waals surface area contributed by atoms with E-state index in [9.17, 15) is 9.59 Å². The summed E-state index contributed by atoms with van der Waals surface area (Å²) in [5, 5.41) is 2.30. The molecular formula is C12H9N3O2S. The third-order valence-electron chi connectivity index (χ3n) is 2.67. The highest BCUT2D eigenvalue weighted by molar-refractivity contribution is 7.16. The zero-order chi connectivity index (χ0) is 12.7. The number of anilines is 1. The van der Waals surface area contributed by atoms with Crippen molar-refractivity contribution in [3.63, 3.8) is 0 Å². The number of hydrogen-bond donors (Lipinski definition) is 2. The molecule has 90 valence electrons. The van der Waals surface area contributed by atoms with Gasteiger partial charge in [0, 0.05) is 5.69 Å². The predicted octanol–water partition coefficient (Wildman–Crippen LogP) is 1.32. The average molecular weight is 259 g/mol. The Hall–Kier alpha value is -2.34. The topological polar surface area (TPSA) is 80.9 Å². The second kappa shape index (κ2) is 3.85. The van der Waals surface area contributed by atoms with E-state index >= 15 is 0 Å². The van der Waals surface area contributed by atoms with Gasteiger partial charge in [0.25, 0.3) is 5.56 Å². The van der Waals surface area contributed by atoms with Crippen molar-refractivity contribution in [1.82, 2.24) is 9.55 Å². The number of fused-ring (bicyclic) bond motifs is 1. The Morgan fingerprint density at radius 1 is 1.11 bits per heavy atom. The smallest absolute Gasteiger partial charge is 0.334 e. The van der Waals surface area contributed by atoms with Crippen molar-refractivity contribution in [3.05, 3.63) is 56.5 Å². The second-order valence-electron chi connectivity index (χ2n) is 3.83. The quantitative estimate of drug-likeness (QED) is 0.647. The molecule has 0 saturated heterocycles. The molecule has 0 spiro atoms. The SMILES string of the molecule is Nc1ccc(-n2c(=O)[nH]c(=O)c3ccsc32)cc1. The molecule has 3 aromatic rings. The lowest BCUT2D eigenvalue weighted by atomic mass is 10.3. The van der Waals surface area contributed by atoms with E-state index in [0.717, 1.165) is 0 Å². The lowest BCUT2D eigenvalue weighted by Gasteiger charge is -2.06. The molecule has 0 aliphatic carbocycles. The summed E-state index contributed by atoms with van der Waals surface area (Å²) in [4.78, 5) is 26.5. The van der Waals surface area contributed by atoms with Crippen LogP contribution in [0.25, 0.3) is 15.9 Å². The third-order valence-corrected chi connectivity index (χ3v) is 3.57. The first-order valence-electron chi connectivity index (χ1n) is 5.25. The first kappa shape index (κ1) is 10.8. The highest BCUT2D eigenvalue weighted by Gasteiger charge is 2.09. The van der Waals surface area contributed by atoms with Crippen LogP contribution in [0.5, 0.6) is 0 Å². The molecule has 1 aromatic carbocycles. The maximum atomic E-state index is 11.9. The van der Waals surface area contributed by atoms with E-state index in [4.69, 9.17) is 5.73 Å². The van der Waals surface area contributed by atoms with Gasteiger partial charge < -0.3 is 5.73 Å². The Bertz CT molecular complexity index is 827. The number of aromatic amines is 1. The molecule has 2 heterocycles. The molecule has 5 nitrogen and oxygen atoms in total. The van der Waals surface area contributed by atoms with Crippen LogP contribution in [-0.2, 0) is 0 Å². The van der Waals surface area contributed by atoms with Crippen LogP contribution in [0.1, 0.15) is 0 Å². The minimum Gasteiger partial charge on any atom is -0.399 e. The van der Waals surface area contributed by atoms with Crippen molar-refractivity contribution in [2.24, 2.45) is 0 Å². The molecule has 2 aromatic heterocycles. The van der Waals surface area contributed by atoms with Crippen molar-refractivity contribution in [2.45, 2.75) is 0 Å². The molecule has 0 fully saturated rings. The van der Waals surface area contributed by atoms with Gasteiger partial charge in [0.15, 0.2) is 0 Å². The Morgan fingerprint density at radius 3 is 2.56 bits per heavy atom. The van der Waals surface area contributed by atoms with Crippen molar-refractivity contribution in [1.29, 1.82) is 0 Å². The summed E-state index contributed by atoms with van der Waals surface area (Å²) < 4.78 is 1.47. The zero-order valence-corrected chi connectivity index (χ0v) is 10.0. The van der Waals surface area contributed by atoms with E-state index in [2.05, 4.69) is 4.98 Å². The number of aromatic nitrogens is 2. The molecule has 0 radical (unpaired) electrons. The van der Waals surface area contributed by atoms with E-state index in [0.29, 0.717) is 21.6 Å². The first-order valence-corrected chi connectivity index (χ1v) is 6.13. The zero-order valence-electron chi connectivity index (χ0n) is 9.21. The van der Waals surface area contributed by atoms with Gasteiger partial charge in [-0.25, -0.2) is 4.79 Å². The van der Waals surface area contributed by atoms with Crippen LogP contribution in [-0.4, -0.2) is 9.55 Å². The van der Waals surface area contributed by atoms with Gasteiger partial charge in [0.1, 0.15) is 4.83 Å². The van der Waals surface area contributed by atoms with Gasteiger partial charge in [-0.15, -0.1) is 11.3 Å². The molecule has 0 unspecified atom stereocenters. The summed E-state index contributed by atoms with van der Waals surface area (Å²) in [6, 6.07) is 8.62. The van der Waals surface area contributed by atoms with Crippen LogP contribution in [0.15, 0.2) is 45.3 Å². The average Bonchev–Trinajstić information content (AvgIpc) is 2.81. The summed E-state index contributed by atoms with van der Waals surface area (Å²) in [7, 11) is 0. The van der Waals surface area contributed by atoms with Crippen LogP contribution in [0, 0.1) is 0 Å². The van der Waals surface area contributed by atoms with Gasteiger partial charge in [-0.2, -0.15) is 0 Å². The lowest BCUT2D eigenvalue weighted by Crippen LogP contribution is -2.28.